The number of hydrogen-bond acceptors (Lipinski definition) is 5. The molecule has 1 fully saturated rings. The minimum atomic E-state index is -3.92. The van der Waals surface area contributed by atoms with E-state index in [1.165, 1.54) is 0 Å². The van der Waals surface area contributed by atoms with Crippen molar-refractivity contribution in [3.05, 3.63) is 58.3 Å². The molecule has 170 valence electrons. The number of rotatable bonds is 6. The van der Waals surface area contributed by atoms with Gasteiger partial charge in [0.2, 0.25) is 10.0 Å². The maximum absolute atomic E-state index is 13.4. The molecule has 0 radical (unpaired) electrons. The number of carbonyl (C=O) groups is 1. The fourth-order valence-corrected chi connectivity index (χ4v) is 5.63. The Morgan fingerprint density at radius 1 is 1.12 bits per heavy atom. The van der Waals surface area contributed by atoms with Gasteiger partial charge in [-0.3, -0.25) is 4.79 Å². The first-order valence-electron chi connectivity index (χ1n) is 10.7. The average Bonchev–Trinajstić information content (AvgIpc) is 3.42. The zero-order valence-corrected chi connectivity index (χ0v) is 19.6. The van der Waals surface area contributed by atoms with Gasteiger partial charge in [0, 0.05) is 30.6 Å². The summed E-state index contributed by atoms with van der Waals surface area (Å²) < 4.78 is 40.7. The van der Waals surface area contributed by atoms with Crippen LogP contribution in [-0.4, -0.2) is 39.4 Å². The second-order valence-electron chi connectivity index (χ2n) is 8.26. The number of methoxy groups -OCH3 is 1. The Balaban J connectivity index is 1.75. The molecule has 7 nitrogen and oxygen atoms in total. The second kappa shape index (κ2) is 8.60. The van der Waals surface area contributed by atoms with Gasteiger partial charge in [0.05, 0.1) is 7.11 Å². The Kier molecular flexibility index (Phi) is 6.01. The number of likely N-dealkylation sites (tertiary alicyclic amines) is 1. The number of aryl methyl sites for hydroxylation is 2. The highest BCUT2D eigenvalue weighted by molar-refractivity contribution is 7.89. The van der Waals surface area contributed by atoms with Crippen LogP contribution < -0.4 is 9.46 Å². The quantitative estimate of drug-likeness (QED) is 0.604. The third-order valence-corrected chi connectivity index (χ3v) is 7.70. The van der Waals surface area contributed by atoms with Crippen LogP contribution in [-0.2, 0) is 16.6 Å². The Morgan fingerprint density at radius 2 is 1.84 bits per heavy atom. The summed E-state index contributed by atoms with van der Waals surface area (Å²) in [6.07, 6.45) is 1.94. The van der Waals surface area contributed by atoms with E-state index in [-0.39, 0.29) is 28.7 Å². The predicted octanol–water partition coefficient (Wildman–Crippen LogP) is 4.08. The zero-order chi connectivity index (χ0) is 23.0. The molecule has 3 aromatic rings. The van der Waals surface area contributed by atoms with Crippen LogP contribution in [0.1, 0.15) is 45.7 Å². The summed E-state index contributed by atoms with van der Waals surface area (Å²) in [6, 6.07) is 9.12. The number of furan rings is 1. The Hall–Kier alpha value is -2.84. The van der Waals surface area contributed by atoms with E-state index in [2.05, 4.69) is 4.72 Å². The van der Waals surface area contributed by atoms with Crippen molar-refractivity contribution in [1.29, 1.82) is 0 Å². The van der Waals surface area contributed by atoms with Gasteiger partial charge in [0.15, 0.2) is 11.3 Å². The molecule has 0 spiro atoms. The van der Waals surface area contributed by atoms with E-state index >= 15 is 0 Å². The minimum absolute atomic E-state index is 0.0824. The lowest BCUT2D eigenvalue weighted by Crippen LogP contribution is -2.27. The molecule has 2 aromatic carbocycles. The van der Waals surface area contributed by atoms with Crippen LogP contribution in [0, 0.1) is 20.8 Å². The summed E-state index contributed by atoms with van der Waals surface area (Å²) in [6.45, 7) is 6.93. The molecule has 1 saturated heterocycles. The summed E-state index contributed by atoms with van der Waals surface area (Å²) >= 11 is 0. The molecule has 8 heteroatoms. The highest BCUT2D eigenvalue weighted by atomic mass is 32.2. The van der Waals surface area contributed by atoms with Crippen molar-refractivity contribution in [2.24, 2.45) is 0 Å². The SMILES string of the molecule is COc1cccc(CNS(=O)(=O)c2c(C)c(C)cc3c(C)c(C(=O)N4CCCC4)oc23)c1. The van der Waals surface area contributed by atoms with Crippen molar-refractivity contribution in [2.45, 2.75) is 45.1 Å². The third-order valence-electron chi connectivity index (χ3n) is 6.15. The van der Waals surface area contributed by atoms with E-state index in [1.807, 2.05) is 32.0 Å². The van der Waals surface area contributed by atoms with Crippen molar-refractivity contribution in [2.75, 3.05) is 20.2 Å². The average molecular weight is 457 g/mol. The molecular formula is C24H28N2O5S. The standard InChI is InChI=1S/C24H28N2O5S/c1-15-12-20-17(3)21(24(27)26-10-5-6-11-26)31-22(20)23(16(15)2)32(28,29)25-14-18-8-7-9-19(13-18)30-4/h7-9,12-13,25H,5-6,10-11,14H2,1-4H3. The molecule has 2 heterocycles. The summed E-state index contributed by atoms with van der Waals surface area (Å²) in [5.74, 6) is 0.692. The van der Waals surface area contributed by atoms with Crippen LogP contribution in [0.15, 0.2) is 39.6 Å². The fraction of sp³-hybridized carbons (Fsp3) is 0.375. The van der Waals surface area contributed by atoms with Gasteiger partial charge >= 0.3 is 0 Å². The van der Waals surface area contributed by atoms with E-state index in [4.69, 9.17) is 9.15 Å². The number of fused-ring (bicyclic) bond motifs is 1. The maximum Gasteiger partial charge on any atom is 0.289 e. The summed E-state index contributed by atoms with van der Waals surface area (Å²) in [5.41, 5.74) is 3.10. The van der Waals surface area contributed by atoms with Gasteiger partial charge in [-0.25, -0.2) is 13.1 Å². The van der Waals surface area contributed by atoms with Crippen LogP contribution in [0.5, 0.6) is 5.75 Å². The van der Waals surface area contributed by atoms with Crippen LogP contribution in [0.4, 0.5) is 0 Å². The number of hydrogen-bond donors (Lipinski definition) is 1. The van der Waals surface area contributed by atoms with Crippen molar-refractivity contribution in [3.8, 4) is 5.75 Å². The molecule has 1 aliphatic heterocycles. The van der Waals surface area contributed by atoms with Crippen LogP contribution >= 0.6 is 0 Å². The fourth-order valence-electron chi connectivity index (χ4n) is 4.17. The molecule has 1 amide bonds. The van der Waals surface area contributed by atoms with E-state index in [0.29, 0.717) is 35.4 Å². The highest BCUT2D eigenvalue weighted by Gasteiger charge is 2.30. The van der Waals surface area contributed by atoms with Crippen LogP contribution in [0.25, 0.3) is 11.0 Å². The molecular weight excluding hydrogens is 428 g/mol. The number of amides is 1. The molecule has 1 aliphatic rings. The Labute approximate surface area is 188 Å². The van der Waals surface area contributed by atoms with Crippen LogP contribution in [0.3, 0.4) is 0 Å². The lowest BCUT2D eigenvalue weighted by molar-refractivity contribution is 0.0762. The monoisotopic (exact) mass is 456 g/mol. The van der Waals surface area contributed by atoms with Gasteiger partial charge in [0.25, 0.3) is 5.91 Å². The van der Waals surface area contributed by atoms with Gasteiger partial charge in [-0.05, 0) is 68.5 Å². The van der Waals surface area contributed by atoms with Crippen molar-refractivity contribution < 1.29 is 22.4 Å². The lowest BCUT2D eigenvalue weighted by Gasteiger charge is -2.13. The van der Waals surface area contributed by atoms with Gasteiger partial charge in [-0.2, -0.15) is 0 Å². The van der Waals surface area contributed by atoms with Gasteiger partial charge < -0.3 is 14.1 Å². The molecule has 0 aliphatic carbocycles. The summed E-state index contributed by atoms with van der Waals surface area (Å²) in [4.78, 5) is 14.8. The van der Waals surface area contributed by atoms with E-state index in [0.717, 1.165) is 24.0 Å². The molecule has 0 unspecified atom stereocenters. The van der Waals surface area contributed by atoms with E-state index < -0.39 is 10.0 Å². The van der Waals surface area contributed by atoms with Gasteiger partial charge in [-0.1, -0.05) is 12.1 Å². The summed E-state index contributed by atoms with van der Waals surface area (Å²) in [5, 5.41) is 0.650. The largest absolute Gasteiger partial charge is 0.497 e. The molecule has 1 N–H and O–H groups in total. The van der Waals surface area contributed by atoms with Crippen molar-refractivity contribution in [3.63, 3.8) is 0 Å². The number of sulfonamides is 1. The van der Waals surface area contributed by atoms with Crippen molar-refractivity contribution in [1.82, 2.24) is 9.62 Å². The topological polar surface area (TPSA) is 88.8 Å². The third kappa shape index (κ3) is 4.00. The molecule has 1 aromatic heterocycles. The first-order valence-corrected chi connectivity index (χ1v) is 12.2. The van der Waals surface area contributed by atoms with E-state index in [9.17, 15) is 13.2 Å². The molecule has 0 saturated carbocycles. The first kappa shape index (κ1) is 22.4. The van der Waals surface area contributed by atoms with Crippen LogP contribution in [0.2, 0.25) is 0 Å². The molecule has 0 bridgehead atoms. The smallest absolute Gasteiger partial charge is 0.289 e. The molecule has 0 atom stereocenters. The number of carbonyl (C=O) groups excluding carboxylic acids is 1. The summed E-state index contributed by atoms with van der Waals surface area (Å²) in [7, 11) is -2.35. The predicted molar refractivity (Wildman–Crippen MR) is 123 cm³/mol. The van der Waals surface area contributed by atoms with E-state index in [1.54, 1.807) is 31.1 Å². The van der Waals surface area contributed by atoms with Crippen molar-refractivity contribution >= 4 is 26.9 Å². The normalized spacial score (nSPS) is 14.3. The number of nitrogens with zero attached hydrogens (tertiary/aromatic N) is 1. The lowest BCUT2D eigenvalue weighted by atomic mass is 10.0. The Morgan fingerprint density at radius 3 is 2.53 bits per heavy atom. The maximum atomic E-state index is 13.4. The van der Waals surface area contributed by atoms with Gasteiger partial charge in [0.1, 0.15) is 10.6 Å². The number of nitrogens with one attached hydrogen (secondary N) is 1. The zero-order valence-electron chi connectivity index (χ0n) is 18.8. The minimum Gasteiger partial charge on any atom is -0.497 e. The van der Waals surface area contributed by atoms with Gasteiger partial charge in [-0.15, -0.1) is 0 Å². The molecule has 4 rings (SSSR count). The number of benzene rings is 2. The molecule has 32 heavy (non-hydrogen) atoms. The first-order chi connectivity index (χ1) is 15.2. The Bertz CT molecular complexity index is 1290. The highest BCUT2D eigenvalue weighted by Crippen LogP contribution is 2.35. The second-order valence-corrected chi connectivity index (χ2v) is 9.96. The number of ether oxygens (including phenoxy) is 1.